The van der Waals surface area contributed by atoms with E-state index in [4.69, 9.17) is 9.47 Å². The van der Waals surface area contributed by atoms with E-state index in [2.05, 4.69) is 123 Å². The van der Waals surface area contributed by atoms with Gasteiger partial charge in [-0.3, -0.25) is 0 Å². The van der Waals surface area contributed by atoms with Gasteiger partial charge in [-0.2, -0.15) is 0 Å². The van der Waals surface area contributed by atoms with E-state index in [1.165, 1.54) is 56.8 Å². The maximum atomic E-state index is 6.11. The Bertz CT molecular complexity index is 795. The third-order valence-corrected chi connectivity index (χ3v) is 9.89. The molecule has 34 heavy (non-hydrogen) atoms. The molecule has 0 radical (unpaired) electrons. The van der Waals surface area contributed by atoms with Gasteiger partial charge in [-0.1, -0.05) is 53.7 Å². The van der Waals surface area contributed by atoms with Gasteiger partial charge in [0, 0.05) is 0 Å². The normalized spacial score (nSPS) is 12.1. The lowest BCUT2D eigenvalue weighted by Gasteiger charge is -2.31. The Morgan fingerprint density at radius 2 is 0.882 bits per heavy atom. The zero-order valence-electron chi connectivity index (χ0n) is 22.1. The van der Waals surface area contributed by atoms with Crippen molar-refractivity contribution in [3.63, 3.8) is 0 Å². The lowest BCUT2D eigenvalue weighted by Crippen LogP contribution is -2.23. The van der Waals surface area contributed by atoms with Crippen LogP contribution in [0.2, 0.25) is 0 Å². The molecule has 0 saturated carbocycles. The molecule has 0 N–H and O–H groups in total. The maximum absolute atomic E-state index is 6.11. The average molecular weight is 690 g/mol. The highest BCUT2D eigenvalue weighted by atomic mass is 127. The van der Waals surface area contributed by atoms with Gasteiger partial charge in [-0.25, -0.2) is 0 Å². The van der Waals surface area contributed by atoms with E-state index < -0.39 is 0 Å². The van der Waals surface area contributed by atoms with Crippen LogP contribution in [-0.2, 0) is 10.8 Å². The van der Waals surface area contributed by atoms with E-state index >= 15 is 0 Å². The molecule has 4 heteroatoms. The SMILES string of the molecule is CCC(CC)(CC)c1ccc(OCCCCOc2ccc(C(CC)(CC)CC)cc2I)c(I)c1. The number of halogens is 2. The summed E-state index contributed by atoms with van der Waals surface area (Å²) in [5, 5.41) is 0. The summed E-state index contributed by atoms with van der Waals surface area (Å²) in [7, 11) is 0. The van der Waals surface area contributed by atoms with Crippen molar-refractivity contribution in [1.82, 2.24) is 0 Å². The number of unbranched alkanes of at least 4 members (excludes halogenated alkanes) is 1. The van der Waals surface area contributed by atoms with E-state index in [0.29, 0.717) is 0 Å². The molecule has 2 aromatic rings. The fourth-order valence-electron chi connectivity index (χ4n) is 5.19. The first-order valence-corrected chi connectivity index (χ1v) is 15.4. The Balaban J connectivity index is 1.84. The third kappa shape index (κ3) is 7.04. The van der Waals surface area contributed by atoms with Crippen LogP contribution in [0.5, 0.6) is 11.5 Å². The highest BCUT2D eigenvalue weighted by Crippen LogP contribution is 2.38. The van der Waals surface area contributed by atoms with Gasteiger partial charge < -0.3 is 9.47 Å². The molecule has 190 valence electrons. The molecule has 0 atom stereocenters. The topological polar surface area (TPSA) is 18.5 Å². The molecule has 0 aromatic heterocycles. The summed E-state index contributed by atoms with van der Waals surface area (Å²) < 4.78 is 14.6. The molecule has 0 bridgehead atoms. The van der Waals surface area contributed by atoms with Gasteiger partial charge in [0.25, 0.3) is 0 Å². The summed E-state index contributed by atoms with van der Waals surface area (Å²) in [4.78, 5) is 0. The summed E-state index contributed by atoms with van der Waals surface area (Å²) >= 11 is 4.84. The van der Waals surface area contributed by atoms with Crippen molar-refractivity contribution in [1.29, 1.82) is 0 Å². The van der Waals surface area contributed by atoms with Gasteiger partial charge in [-0.15, -0.1) is 0 Å². The average Bonchev–Trinajstić information content (AvgIpc) is 2.86. The highest BCUT2D eigenvalue weighted by molar-refractivity contribution is 14.1. The zero-order chi connectivity index (χ0) is 25.2. The smallest absolute Gasteiger partial charge is 0.132 e. The summed E-state index contributed by atoms with van der Waals surface area (Å²) in [6, 6.07) is 13.5. The summed E-state index contributed by atoms with van der Waals surface area (Å²) in [5.74, 6) is 2.00. The number of benzene rings is 2. The molecule has 0 aliphatic rings. The number of hydrogen-bond acceptors (Lipinski definition) is 2. The predicted molar refractivity (Wildman–Crippen MR) is 164 cm³/mol. The van der Waals surface area contributed by atoms with Crippen LogP contribution in [0.25, 0.3) is 0 Å². The van der Waals surface area contributed by atoms with Crippen LogP contribution in [0, 0.1) is 7.14 Å². The Morgan fingerprint density at radius 1 is 0.559 bits per heavy atom. The standard InChI is InChI=1S/C30H44I2O2/c1-7-29(8-2,9-3)23-15-17-27(25(31)21-23)33-19-13-14-20-34-28-18-16-24(22-26(28)32)30(10-4,11-5)12-6/h15-18,21-22H,7-14,19-20H2,1-6H3. The molecule has 0 unspecified atom stereocenters. The molecule has 2 nitrogen and oxygen atoms in total. The minimum Gasteiger partial charge on any atom is -0.492 e. The van der Waals surface area contributed by atoms with Crippen LogP contribution in [0.3, 0.4) is 0 Å². The van der Waals surface area contributed by atoms with Crippen molar-refractivity contribution in [2.75, 3.05) is 13.2 Å². The van der Waals surface area contributed by atoms with Crippen LogP contribution < -0.4 is 9.47 Å². The van der Waals surface area contributed by atoms with Crippen molar-refractivity contribution in [3.05, 3.63) is 54.7 Å². The lowest BCUT2D eigenvalue weighted by atomic mass is 9.74. The first kappa shape index (κ1) is 29.7. The molecule has 0 aliphatic heterocycles. The Labute approximate surface area is 236 Å². The van der Waals surface area contributed by atoms with Gasteiger partial charge in [0.05, 0.1) is 20.4 Å². The van der Waals surface area contributed by atoms with Gasteiger partial charge in [0.1, 0.15) is 11.5 Å². The largest absolute Gasteiger partial charge is 0.492 e. The number of rotatable bonds is 15. The molecule has 2 rings (SSSR count). The van der Waals surface area contributed by atoms with Crippen LogP contribution in [0.4, 0.5) is 0 Å². The first-order chi connectivity index (χ1) is 16.3. The van der Waals surface area contributed by atoms with Crippen LogP contribution in [-0.4, -0.2) is 13.2 Å². The fourth-order valence-corrected chi connectivity index (χ4v) is 6.53. The third-order valence-electron chi connectivity index (χ3n) is 8.20. The summed E-state index contributed by atoms with van der Waals surface area (Å²) in [5.41, 5.74) is 3.47. The Morgan fingerprint density at radius 3 is 1.15 bits per heavy atom. The van der Waals surface area contributed by atoms with Crippen molar-refractivity contribution < 1.29 is 9.47 Å². The van der Waals surface area contributed by atoms with E-state index in [1.807, 2.05) is 0 Å². The predicted octanol–water partition coefficient (Wildman–Crippen LogP) is 10.1. The zero-order valence-corrected chi connectivity index (χ0v) is 26.4. The van der Waals surface area contributed by atoms with Crippen LogP contribution in [0.15, 0.2) is 36.4 Å². The van der Waals surface area contributed by atoms with Gasteiger partial charge in [0.15, 0.2) is 0 Å². The minimum absolute atomic E-state index is 0.288. The van der Waals surface area contributed by atoms with Crippen molar-refractivity contribution in [3.8, 4) is 11.5 Å². The minimum atomic E-state index is 0.288. The molecule has 0 amide bonds. The Hall–Kier alpha value is -0.500. The number of ether oxygens (including phenoxy) is 2. The van der Waals surface area contributed by atoms with Gasteiger partial charge >= 0.3 is 0 Å². The Kier molecular flexibility index (Phi) is 12.5. The van der Waals surface area contributed by atoms with Gasteiger partial charge in [-0.05, 0) is 143 Å². The molecule has 0 heterocycles. The van der Waals surface area contributed by atoms with E-state index in [-0.39, 0.29) is 10.8 Å². The molecule has 0 fully saturated rings. The second kappa shape index (κ2) is 14.3. The second-order valence-corrected chi connectivity index (χ2v) is 11.7. The van der Waals surface area contributed by atoms with E-state index in [0.717, 1.165) is 37.6 Å². The maximum Gasteiger partial charge on any atom is 0.132 e. The van der Waals surface area contributed by atoms with Crippen molar-refractivity contribution in [2.24, 2.45) is 0 Å². The monoisotopic (exact) mass is 690 g/mol. The fraction of sp³-hybridized carbons (Fsp3) is 0.600. The van der Waals surface area contributed by atoms with Crippen molar-refractivity contribution in [2.45, 2.75) is 104 Å². The van der Waals surface area contributed by atoms with Crippen molar-refractivity contribution >= 4 is 45.2 Å². The van der Waals surface area contributed by atoms with Crippen LogP contribution in [0.1, 0.15) is 104 Å². The van der Waals surface area contributed by atoms with Crippen LogP contribution >= 0.6 is 45.2 Å². The van der Waals surface area contributed by atoms with E-state index in [9.17, 15) is 0 Å². The quantitative estimate of drug-likeness (QED) is 0.137. The summed E-state index contributed by atoms with van der Waals surface area (Å²) in [6.45, 7) is 15.3. The molecule has 0 spiro atoms. The molecule has 0 aliphatic carbocycles. The molecular formula is C30H44I2O2. The molecular weight excluding hydrogens is 646 g/mol. The summed E-state index contributed by atoms with van der Waals surface area (Å²) in [6.07, 6.45) is 9.02. The second-order valence-electron chi connectivity index (χ2n) is 9.38. The highest BCUT2D eigenvalue weighted by Gasteiger charge is 2.27. The number of hydrogen-bond donors (Lipinski definition) is 0. The lowest BCUT2D eigenvalue weighted by molar-refractivity contribution is 0.264. The molecule has 0 saturated heterocycles. The molecule has 2 aromatic carbocycles. The van der Waals surface area contributed by atoms with E-state index in [1.54, 1.807) is 0 Å². The van der Waals surface area contributed by atoms with Gasteiger partial charge in [0.2, 0.25) is 0 Å². The first-order valence-electron chi connectivity index (χ1n) is 13.2.